The van der Waals surface area contributed by atoms with Crippen LogP contribution in [-0.4, -0.2) is 52.8 Å². The van der Waals surface area contributed by atoms with Gasteiger partial charge >= 0.3 is 0 Å². The highest BCUT2D eigenvalue weighted by molar-refractivity contribution is 5.97. The monoisotopic (exact) mass is 417 g/mol. The summed E-state index contributed by atoms with van der Waals surface area (Å²) >= 11 is 0. The third-order valence-electron chi connectivity index (χ3n) is 6.56. The molecule has 1 unspecified atom stereocenters. The van der Waals surface area contributed by atoms with Gasteiger partial charge in [-0.05, 0) is 24.1 Å². The Morgan fingerprint density at radius 1 is 1.10 bits per heavy atom. The first-order chi connectivity index (χ1) is 15.1. The van der Waals surface area contributed by atoms with Gasteiger partial charge in [-0.15, -0.1) is 0 Å². The molecule has 31 heavy (non-hydrogen) atoms. The summed E-state index contributed by atoms with van der Waals surface area (Å²) in [5, 5.41) is 1.11. The number of carbonyl (C=O) groups excluding carboxylic acids is 2. The van der Waals surface area contributed by atoms with E-state index in [1.54, 1.807) is 16.9 Å². The average molecular weight is 418 g/mol. The van der Waals surface area contributed by atoms with Crippen molar-refractivity contribution in [1.82, 2.24) is 14.8 Å². The molecule has 1 fully saturated rings. The number of fused-ring (bicyclic) bond motifs is 4. The average Bonchev–Trinajstić information content (AvgIpc) is 3.17. The number of methoxy groups -OCH3 is 1. The van der Waals surface area contributed by atoms with Crippen molar-refractivity contribution in [3.05, 3.63) is 65.4 Å². The van der Waals surface area contributed by atoms with E-state index in [2.05, 4.69) is 18.0 Å². The normalized spacial score (nSPS) is 20.7. The van der Waals surface area contributed by atoms with Crippen LogP contribution in [-0.2, 0) is 16.0 Å². The van der Waals surface area contributed by atoms with Crippen molar-refractivity contribution < 1.29 is 14.3 Å². The number of aromatic amines is 1. The van der Waals surface area contributed by atoms with E-state index in [0.717, 1.165) is 40.6 Å². The lowest BCUT2D eigenvalue weighted by Gasteiger charge is -2.47. The van der Waals surface area contributed by atoms with E-state index in [-0.39, 0.29) is 24.4 Å². The minimum atomic E-state index is -0.500. The fraction of sp³-hybridized carbons (Fsp3) is 0.360. The van der Waals surface area contributed by atoms with Crippen LogP contribution < -0.4 is 4.74 Å². The Morgan fingerprint density at radius 2 is 1.87 bits per heavy atom. The molecule has 2 atom stereocenters. The number of nitrogens with zero attached hydrogens (tertiary/aromatic N) is 2. The summed E-state index contributed by atoms with van der Waals surface area (Å²) in [6, 6.07) is 15.0. The number of ether oxygens (including phenoxy) is 1. The van der Waals surface area contributed by atoms with E-state index in [1.807, 2.05) is 42.5 Å². The van der Waals surface area contributed by atoms with E-state index in [4.69, 9.17) is 4.74 Å². The molecular formula is C25H27N3O3. The molecule has 2 aliphatic rings. The number of H-pyrrole nitrogens is 1. The lowest BCUT2D eigenvalue weighted by atomic mass is 9.86. The number of unbranched alkanes of at least 4 members (excludes halogenated alkanes) is 1. The van der Waals surface area contributed by atoms with Crippen LogP contribution in [0.2, 0.25) is 0 Å². The first-order valence-electron chi connectivity index (χ1n) is 11.0. The molecular weight excluding hydrogens is 390 g/mol. The quantitative estimate of drug-likeness (QED) is 0.689. The fourth-order valence-corrected chi connectivity index (χ4v) is 5.08. The predicted molar refractivity (Wildman–Crippen MR) is 119 cm³/mol. The molecule has 1 aromatic heterocycles. The Balaban J connectivity index is 1.69. The van der Waals surface area contributed by atoms with Crippen molar-refractivity contribution in [3.8, 4) is 5.75 Å². The Hall–Kier alpha value is -3.28. The number of hydrogen-bond donors (Lipinski definition) is 1. The Bertz CT molecular complexity index is 1150. The van der Waals surface area contributed by atoms with Crippen molar-refractivity contribution in [1.29, 1.82) is 0 Å². The molecule has 6 nitrogen and oxygen atoms in total. The lowest BCUT2D eigenvalue weighted by Crippen LogP contribution is -2.63. The largest absolute Gasteiger partial charge is 0.496 e. The molecule has 2 aromatic carbocycles. The van der Waals surface area contributed by atoms with Gasteiger partial charge in [0.1, 0.15) is 17.8 Å². The van der Waals surface area contributed by atoms with Crippen molar-refractivity contribution in [2.24, 2.45) is 0 Å². The number of rotatable bonds is 5. The molecule has 3 heterocycles. The zero-order valence-corrected chi connectivity index (χ0v) is 17.9. The second kappa shape index (κ2) is 7.76. The highest BCUT2D eigenvalue weighted by atomic mass is 16.5. The molecule has 0 saturated carbocycles. The maximum Gasteiger partial charge on any atom is 0.246 e. The van der Waals surface area contributed by atoms with Gasteiger partial charge in [0.25, 0.3) is 0 Å². The number of carbonyl (C=O) groups is 2. The van der Waals surface area contributed by atoms with Gasteiger partial charge < -0.3 is 19.5 Å². The second-order valence-corrected chi connectivity index (χ2v) is 8.34. The van der Waals surface area contributed by atoms with Crippen LogP contribution in [0.5, 0.6) is 5.75 Å². The van der Waals surface area contributed by atoms with Crippen LogP contribution in [0, 0.1) is 0 Å². The first-order valence-corrected chi connectivity index (χ1v) is 11.0. The minimum absolute atomic E-state index is 0.0130. The molecule has 5 rings (SSSR count). The summed E-state index contributed by atoms with van der Waals surface area (Å²) in [6.07, 6.45) is 2.42. The minimum Gasteiger partial charge on any atom is -0.496 e. The van der Waals surface area contributed by atoms with E-state index in [1.165, 1.54) is 0 Å². The second-order valence-electron chi connectivity index (χ2n) is 8.34. The van der Waals surface area contributed by atoms with Gasteiger partial charge in [0.05, 0.1) is 13.7 Å². The number of amides is 2. The van der Waals surface area contributed by atoms with Crippen LogP contribution in [0.1, 0.15) is 42.6 Å². The Morgan fingerprint density at radius 3 is 2.68 bits per heavy atom. The summed E-state index contributed by atoms with van der Waals surface area (Å²) in [7, 11) is 1.64. The van der Waals surface area contributed by atoms with Gasteiger partial charge in [-0.3, -0.25) is 9.59 Å². The maximum atomic E-state index is 13.5. The summed E-state index contributed by atoms with van der Waals surface area (Å²) in [5.41, 5.74) is 4.01. The van der Waals surface area contributed by atoms with Crippen LogP contribution in [0.4, 0.5) is 0 Å². The van der Waals surface area contributed by atoms with Crippen molar-refractivity contribution in [3.63, 3.8) is 0 Å². The third-order valence-corrected chi connectivity index (χ3v) is 6.56. The SMILES string of the molecule is CCCCN1CC(=O)N2C(c3ccccc3OC)c3[nH]c4ccccc4c3C[C@H]2C1=O. The number of benzene rings is 2. The molecule has 3 aromatic rings. The van der Waals surface area contributed by atoms with Crippen molar-refractivity contribution in [2.75, 3.05) is 20.2 Å². The van der Waals surface area contributed by atoms with E-state index < -0.39 is 6.04 Å². The molecule has 0 radical (unpaired) electrons. The Labute approximate surface area is 181 Å². The molecule has 6 heteroatoms. The molecule has 1 saturated heterocycles. The maximum absolute atomic E-state index is 13.5. The van der Waals surface area contributed by atoms with Gasteiger partial charge in [-0.25, -0.2) is 0 Å². The first kappa shape index (κ1) is 19.7. The van der Waals surface area contributed by atoms with Crippen molar-refractivity contribution >= 4 is 22.7 Å². The molecule has 160 valence electrons. The number of nitrogens with one attached hydrogen (secondary N) is 1. The van der Waals surface area contributed by atoms with Crippen LogP contribution in [0.15, 0.2) is 48.5 Å². The van der Waals surface area contributed by atoms with Crippen LogP contribution in [0.25, 0.3) is 10.9 Å². The standard InChI is InChI=1S/C25H27N3O3/c1-3-4-13-27-15-22(29)28-20(25(27)30)14-18-16-9-5-7-11-19(16)26-23(18)24(28)17-10-6-8-12-21(17)31-2/h5-12,20,24,26H,3-4,13-15H2,1-2H3/t20-,24?/m0/s1. The fourth-order valence-electron chi connectivity index (χ4n) is 5.08. The van der Waals surface area contributed by atoms with Gasteiger partial charge in [-0.1, -0.05) is 49.7 Å². The highest BCUT2D eigenvalue weighted by Gasteiger charge is 2.48. The molecule has 2 amide bonds. The Kier molecular flexibility index (Phi) is 4.93. The number of aromatic nitrogens is 1. The number of hydrogen-bond acceptors (Lipinski definition) is 3. The van der Waals surface area contributed by atoms with Gasteiger partial charge in [0, 0.05) is 35.1 Å². The highest BCUT2D eigenvalue weighted by Crippen LogP contribution is 2.44. The molecule has 1 N–H and O–H groups in total. The smallest absolute Gasteiger partial charge is 0.246 e. The van der Waals surface area contributed by atoms with Crippen molar-refractivity contribution in [2.45, 2.75) is 38.3 Å². The van der Waals surface area contributed by atoms with Crippen LogP contribution >= 0.6 is 0 Å². The molecule has 0 spiro atoms. The van der Waals surface area contributed by atoms with Gasteiger partial charge in [0.2, 0.25) is 11.8 Å². The third kappa shape index (κ3) is 3.09. The van der Waals surface area contributed by atoms with E-state index >= 15 is 0 Å². The summed E-state index contributed by atoms with van der Waals surface area (Å²) in [4.78, 5) is 34.0. The number of piperazine rings is 1. The molecule has 0 bridgehead atoms. The number of para-hydroxylation sites is 2. The lowest BCUT2D eigenvalue weighted by molar-refractivity contribution is -0.158. The molecule has 2 aliphatic heterocycles. The summed E-state index contributed by atoms with van der Waals surface area (Å²) in [5.74, 6) is 0.746. The van der Waals surface area contributed by atoms with Gasteiger partial charge in [-0.2, -0.15) is 0 Å². The zero-order valence-electron chi connectivity index (χ0n) is 17.9. The van der Waals surface area contributed by atoms with E-state index in [9.17, 15) is 9.59 Å². The summed E-state index contributed by atoms with van der Waals surface area (Å²) < 4.78 is 5.66. The summed E-state index contributed by atoms with van der Waals surface area (Å²) in [6.45, 7) is 2.86. The molecule has 0 aliphatic carbocycles. The van der Waals surface area contributed by atoms with Crippen LogP contribution in [0.3, 0.4) is 0 Å². The predicted octanol–water partition coefficient (Wildman–Crippen LogP) is 3.66. The van der Waals surface area contributed by atoms with E-state index in [0.29, 0.717) is 18.7 Å². The topological polar surface area (TPSA) is 65.6 Å². The zero-order chi connectivity index (χ0) is 21.5. The van der Waals surface area contributed by atoms with Gasteiger partial charge in [0.15, 0.2) is 0 Å².